The van der Waals surface area contributed by atoms with Crippen molar-refractivity contribution in [2.75, 3.05) is 12.5 Å². The summed E-state index contributed by atoms with van der Waals surface area (Å²) in [6.45, 7) is 3.95. The number of aryl methyl sites for hydroxylation is 2. The topological polar surface area (TPSA) is 164 Å². The molecule has 0 spiro atoms. The number of carbonyl (C=O) groups excluding carboxylic acids is 2. The number of nitrogens with zero attached hydrogens (tertiary/aromatic N) is 1. The summed E-state index contributed by atoms with van der Waals surface area (Å²) in [4.78, 5) is 20.4. The van der Waals surface area contributed by atoms with Crippen molar-refractivity contribution in [3.05, 3.63) is 17.5 Å². The molecule has 0 fully saturated rings. The van der Waals surface area contributed by atoms with Gasteiger partial charge in [0.15, 0.2) is 0 Å². The van der Waals surface area contributed by atoms with E-state index in [2.05, 4.69) is 14.9 Å². The number of ether oxygens (including phenoxy) is 1. The molecule has 18 heteroatoms. The van der Waals surface area contributed by atoms with E-state index in [4.69, 9.17) is 15.9 Å². The maximum atomic E-state index is 11.5. The van der Waals surface area contributed by atoms with Gasteiger partial charge in [-0.05, 0) is 19.9 Å². The first-order valence-corrected chi connectivity index (χ1v) is 11.5. The quantitative estimate of drug-likeness (QED) is 0.293. The fourth-order valence-corrected chi connectivity index (χ4v) is 1.08. The molecule has 0 aliphatic carbocycles. The molecule has 0 aliphatic rings. The third kappa shape index (κ3) is 43.0. The Morgan fingerprint density at radius 2 is 1.32 bits per heavy atom. The molecule has 10 nitrogen and oxygen atoms in total. The molecule has 184 valence electrons. The van der Waals surface area contributed by atoms with Gasteiger partial charge in [-0.15, -0.1) is 0 Å². The summed E-state index contributed by atoms with van der Waals surface area (Å²) in [5, 5.41) is 6.71. The van der Waals surface area contributed by atoms with E-state index in [9.17, 15) is 40.1 Å². The van der Waals surface area contributed by atoms with Gasteiger partial charge < -0.3 is 4.74 Å². The Labute approximate surface area is 176 Å². The van der Waals surface area contributed by atoms with E-state index < -0.39 is 61.5 Å². The number of hydrogen-bond acceptors (Lipinski definition) is 7. The maximum absolute atomic E-state index is 11.5. The minimum atomic E-state index is -5.25. The molecule has 0 saturated carbocycles. The number of halogens is 6. The van der Waals surface area contributed by atoms with Crippen molar-refractivity contribution in [1.82, 2.24) is 10.2 Å². The first-order valence-electron chi connectivity index (χ1n) is 7.32. The van der Waals surface area contributed by atoms with Gasteiger partial charge in [-0.2, -0.15) is 31.4 Å². The van der Waals surface area contributed by atoms with Crippen LogP contribution in [-0.4, -0.2) is 59.5 Å². The van der Waals surface area contributed by atoms with E-state index in [1.807, 2.05) is 19.9 Å². The molecular weight excluding hydrogens is 510 g/mol. The van der Waals surface area contributed by atoms with Crippen LogP contribution in [0.4, 0.5) is 26.3 Å². The summed E-state index contributed by atoms with van der Waals surface area (Å²) in [6, 6.07) is 2.00. The van der Waals surface area contributed by atoms with Crippen molar-refractivity contribution in [3.8, 4) is 0 Å². The molecule has 31 heavy (non-hydrogen) atoms. The van der Waals surface area contributed by atoms with Crippen molar-refractivity contribution in [3.63, 3.8) is 0 Å². The third-order valence-electron chi connectivity index (χ3n) is 1.75. The summed E-state index contributed by atoms with van der Waals surface area (Å²) >= 11 is -5.25. The van der Waals surface area contributed by atoms with Crippen LogP contribution in [0.25, 0.3) is 0 Å². The van der Waals surface area contributed by atoms with E-state index in [1.54, 1.807) is 12.5 Å². The number of aromatic nitrogens is 2. The normalized spacial score (nSPS) is 11.1. The van der Waals surface area contributed by atoms with E-state index in [0.717, 1.165) is 11.4 Å². The standard InChI is InChI=1S/C6H4F6O3.C5H8N2.C2H6OS.Cr.2H2O.2O/c7-5(8,9)1-3(13)15-4(14)2-6(10,11)12;1-4-3-5(2)7-6-4;1-4(2)3;;;;;/h1-2H2;3H,1-2H3,(H,6,7);1-2H3;;2*1H2;;/q;;;+2;;;;/p-2. The van der Waals surface area contributed by atoms with Gasteiger partial charge >= 0.3 is 53.8 Å². The molecule has 3 N–H and O–H groups in total. The second-order valence-electron chi connectivity index (χ2n) is 5.31. The molecule has 0 saturated heterocycles. The summed E-state index contributed by atoms with van der Waals surface area (Å²) in [6.07, 6.45) is -10.8. The van der Waals surface area contributed by atoms with E-state index >= 15 is 0 Å². The van der Waals surface area contributed by atoms with Crippen LogP contribution in [0.1, 0.15) is 24.2 Å². The molecule has 0 aromatic carbocycles. The molecule has 1 aromatic heterocycles. The molecule has 0 amide bonds. The van der Waals surface area contributed by atoms with Gasteiger partial charge in [0.25, 0.3) is 0 Å². The Morgan fingerprint density at radius 1 is 1.03 bits per heavy atom. The second-order valence-corrected chi connectivity index (χ2v) is 8.19. The second kappa shape index (κ2) is 15.0. The third-order valence-corrected chi connectivity index (χ3v) is 1.75. The molecule has 0 bridgehead atoms. The number of hydrogen-bond donors (Lipinski definition) is 3. The number of H-pyrrole nitrogens is 1. The van der Waals surface area contributed by atoms with Gasteiger partial charge in [0.2, 0.25) is 0 Å². The van der Waals surface area contributed by atoms with Crippen LogP contribution in [0.5, 0.6) is 0 Å². The number of esters is 2. The molecule has 1 aromatic rings. The summed E-state index contributed by atoms with van der Waals surface area (Å²) < 4.78 is 113. The Bertz CT molecular complexity index is 753. The Morgan fingerprint density at radius 3 is 1.45 bits per heavy atom. The Balaban J connectivity index is -0.000000401. The fraction of sp³-hybridized carbons (Fsp3) is 0.615. The number of nitrogens with one attached hydrogen (secondary N) is 1. The summed E-state index contributed by atoms with van der Waals surface area (Å²) in [7, 11) is -0.611. The zero-order valence-electron chi connectivity index (χ0n) is 16.4. The SMILES string of the molecule is CS(C)=O.Cc1cc(C)[nH]n1.O=C(CC(F)(F)F)OC(=O)CC(F)(F)F.[O]=[Cr](=[O])([OH])[OH]. The molecule has 1 heterocycles. The van der Waals surface area contributed by atoms with E-state index in [0.29, 0.717) is 0 Å². The monoisotopic (exact) mass is 530 g/mol. The number of rotatable bonds is 2. The minimum absolute atomic E-state index is 0.611. The van der Waals surface area contributed by atoms with Crippen molar-refractivity contribution in [1.29, 1.82) is 0 Å². The molecule has 0 unspecified atom stereocenters. The molecule has 0 radical (unpaired) electrons. The summed E-state index contributed by atoms with van der Waals surface area (Å²) in [5.41, 5.74) is 2.18. The number of carbonyl (C=O) groups is 2. The molecule has 1 rings (SSSR count). The van der Waals surface area contributed by atoms with Gasteiger partial charge in [0, 0.05) is 29.0 Å². The zero-order chi connectivity index (χ0) is 25.6. The number of alkyl halides is 6. The zero-order valence-corrected chi connectivity index (χ0v) is 18.5. The molecule has 0 aliphatic heterocycles. The summed E-state index contributed by atoms with van der Waals surface area (Å²) in [5.74, 6) is -4.12. The van der Waals surface area contributed by atoms with Crippen LogP contribution < -0.4 is 0 Å². The fourth-order valence-electron chi connectivity index (χ4n) is 1.08. The number of aromatic amines is 1. The van der Waals surface area contributed by atoms with Gasteiger partial charge in [0.05, 0.1) is 5.69 Å². The average Bonchev–Trinajstić information content (AvgIpc) is 2.75. The predicted molar refractivity (Wildman–Crippen MR) is 86.3 cm³/mol. The molecular formula is C13H20CrF6N2O8S. The van der Waals surface area contributed by atoms with Gasteiger partial charge in [0.1, 0.15) is 12.8 Å². The predicted octanol–water partition coefficient (Wildman–Crippen LogP) is 1.63. The van der Waals surface area contributed by atoms with Crippen LogP contribution in [0.3, 0.4) is 0 Å². The van der Waals surface area contributed by atoms with Crippen molar-refractivity contribution in [2.24, 2.45) is 0 Å². The van der Waals surface area contributed by atoms with Crippen LogP contribution in [0.2, 0.25) is 0 Å². The van der Waals surface area contributed by atoms with Crippen LogP contribution >= 0.6 is 0 Å². The van der Waals surface area contributed by atoms with Crippen LogP contribution in [0, 0.1) is 13.8 Å². The Kier molecular flexibility index (Phi) is 16.4. The van der Waals surface area contributed by atoms with Crippen LogP contribution in [0.15, 0.2) is 6.07 Å². The van der Waals surface area contributed by atoms with Crippen molar-refractivity contribution < 1.29 is 74.4 Å². The van der Waals surface area contributed by atoms with Crippen LogP contribution in [-0.2, 0) is 46.3 Å². The first kappa shape index (κ1) is 33.8. The van der Waals surface area contributed by atoms with Crippen molar-refractivity contribution in [2.45, 2.75) is 39.0 Å². The van der Waals surface area contributed by atoms with Gasteiger partial charge in [-0.3, -0.25) is 18.9 Å². The van der Waals surface area contributed by atoms with Gasteiger partial charge in [-0.1, -0.05) is 0 Å². The first-order chi connectivity index (χ1) is 13.5. The van der Waals surface area contributed by atoms with E-state index in [1.165, 1.54) is 0 Å². The van der Waals surface area contributed by atoms with Crippen molar-refractivity contribution >= 4 is 22.7 Å². The Hall–Kier alpha value is -1.87. The van der Waals surface area contributed by atoms with E-state index in [-0.39, 0.29) is 0 Å². The average molecular weight is 530 g/mol. The van der Waals surface area contributed by atoms with Gasteiger partial charge in [-0.25, -0.2) is 0 Å². The molecule has 0 atom stereocenters.